The average Bonchev–Trinajstić information content (AvgIpc) is 2.33. The third kappa shape index (κ3) is 1.56. The van der Waals surface area contributed by atoms with Crippen molar-refractivity contribution in [1.29, 1.82) is 0 Å². The summed E-state index contributed by atoms with van der Waals surface area (Å²) in [6, 6.07) is 0. The van der Waals surface area contributed by atoms with Crippen LogP contribution in [0.3, 0.4) is 0 Å². The molecule has 8 nitrogen and oxygen atoms in total. The predicted molar refractivity (Wildman–Crippen MR) is 41.2 cm³/mol. The van der Waals surface area contributed by atoms with E-state index in [1.54, 1.807) is 0 Å². The highest BCUT2D eigenvalue weighted by molar-refractivity contribution is 5.02. The van der Waals surface area contributed by atoms with Crippen molar-refractivity contribution in [1.82, 2.24) is 14.3 Å². The van der Waals surface area contributed by atoms with E-state index < -0.39 is 16.6 Å². The molecule has 1 aromatic heterocycles. The number of nitro groups is 1. The standard InChI is InChI=1S/C5H8N4O4/c1-7-5(11)8(2-3-10)4(6-7)9(12)13/h10H,2-3H2,1H3. The molecule has 72 valence electrons. The highest BCUT2D eigenvalue weighted by atomic mass is 16.6. The van der Waals surface area contributed by atoms with E-state index in [1.807, 2.05) is 0 Å². The molecule has 1 aromatic rings. The Hall–Kier alpha value is -1.70. The second kappa shape index (κ2) is 3.35. The summed E-state index contributed by atoms with van der Waals surface area (Å²) >= 11 is 0. The van der Waals surface area contributed by atoms with E-state index in [0.29, 0.717) is 0 Å². The van der Waals surface area contributed by atoms with Crippen LogP contribution in [-0.4, -0.2) is 31.0 Å². The Kier molecular flexibility index (Phi) is 2.42. The monoisotopic (exact) mass is 188 g/mol. The molecule has 1 rings (SSSR count). The summed E-state index contributed by atoms with van der Waals surface area (Å²) in [7, 11) is 1.31. The Morgan fingerprint density at radius 1 is 1.69 bits per heavy atom. The summed E-state index contributed by atoms with van der Waals surface area (Å²) in [5.74, 6) is -0.554. The summed E-state index contributed by atoms with van der Waals surface area (Å²) in [6.45, 7) is -0.463. The van der Waals surface area contributed by atoms with E-state index in [4.69, 9.17) is 5.11 Å². The van der Waals surface area contributed by atoms with Crippen LogP contribution < -0.4 is 5.69 Å². The molecule has 0 aromatic carbocycles. The van der Waals surface area contributed by atoms with E-state index >= 15 is 0 Å². The minimum Gasteiger partial charge on any atom is -0.393 e. The van der Waals surface area contributed by atoms with Crippen LogP contribution in [0, 0.1) is 10.1 Å². The van der Waals surface area contributed by atoms with Gasteiger partial charge in [0, 0.05) is 5.10 Å². The fraction of sp³-hybridized carbons (Fsp3) is 0.600. The smallest absolute Gasteiger partial charge is 0.393 e. The molecule has 0 bridgehead atoms. The fourth-order valence-electron chi connectivity index (χ4n) is 0.922. The molecule has 0 fully saturated rings. The van der Waals surface area contributed by atoms with Gasteiger partial charge in [-0.25, -0.2) is 4.79 Å². The molecular weight excluding hydrogens is 180 g/mol. The third-order valence-electron chi connectivity index (χ3n) is 1.48. The first-order valence-corrected chi connectivity index (χ1v) is 3.47. The zero-order valence-corrected chi connectivity index (χ0v) is 6.88. The maximum absolute atomic E-state index is 11.1. The highest BCUT2D eigenvalue weighted by Crippen LogP contribution is 2.01. The maximum atomic E-state index is 11.1. The van der Waals surface area contributed by atoms with Crippen molar-refractivity contribution in [3.63, 3.8) is 0 Å². The lowest BCUT2D eigenvalue weighted by Crippen LogP contribution is -2.24. The van der Waals surface area contributed by atoms with Crippen molar-refractivity contribution in [3.05, 3.63) is 20.6 Å². The maximum Gasteiger partial charge on any atom is 0.459 e. The van der Waals surface area contributed by atoms with Crippen LogP contribution in [0.5, 0.6) is 0 Å². The van der Waals surface area contributed by atoms with Gasteiger partial charge in [-0.1, -0.05) is 0 Å². The van der Waals surface area contributed by atoms with E-state index in [-0.39, 0.29) is 13.2 Å². The van der Waals surface area contributed by atoms with Gasteiger partial charge in [0.25, 0.3) is 0 Å². The van der Waals surface area contributed by atoms with Gasteiger partial charge in [-0.15, -0.1) is 4.68 Å². The highest BCUT2D eigenvalue weighted by Gasteiger charge is 2.21. The van der Waals surface area contributed by atoms with Gasteiger partial charge < -0.3 is 15.2 Å². The first-order valence-electron chi connectivity index (χ1n) is 3.47. The largest absolute Gasteiger partial charge is 0.459 e. The summed E-state index contributed by atoms with van der Waals surface area (Å²) in [6.07, 6.45) is 0. The summed E-state index contributed by atoms with van der Waals surface area (Å²) in [5, 5.41) is 22.3. The number of aromatic nitrogens is 3. The molecule has 0 saturated heterocycles. The van der Waals surface area contributed by atoms with Crippen LogP contribution in [0.15, 0.2) is 4.79 Å². The number of rotatable bonds is 3. The molecule has 1 N–H and O–H groups in total. The molecule has 0 aliphatic rings. The number of nitrogens with zero attached hydrogens (tertiary/aromatic N) is 4. The molecule has 0 aliphatic carbocycles. The Labute approximate surface area is 72.2 Å². The number of hydrogen-bond donors (Lipinski definition) is 1. The van der Waals surface area contributed by atoms with Gasteiger partial charge in [-0.3, -0.25) is 0 Å². The molecule has 8 heteroatoms. The Morgan fingerprint density at radius 3 is 2.77 bits per heavy atom. The second-order valence-corrected chi connectivity index (χ2v) is 2.34. The van der Waals surface area contributed by atoms with Crippen LogP contribution in [0.2, 0.25) is 0 Å². The topological polar surface area (TPSA) is 103 Å². The van der Waals surface area contributed by atoms with Crippen LogP contribution in [0.25, 0.3) is 0 Å². The van der Waals surface area contributed by atoms with E-state index in [1.165, 1.54) is 7.05 Å². The minimum absolute atomic E-state index is 0.122. The van der Waals surface area contributed by atoms with Crippen molar-refractivity contribution in [3.8, 4) is 0 Å². The number of aryl methyl sites for hydroxylation is 1. The molecule has 0 atom stereocenters. The molecular formula is C5H8N4O4. The Morgan fingerprint density at radius 2 is 2.31 bits per heavy atom. The quantitative estimate of drug-likeness (QED) is 0.458. The predicted octanol–water partition coefficient (Wildman–Crippen LogP) is -1.52. The number of hydrogen-bond acceptors (Lipinski definition) is 5. The SMILES string of the molecule is Cn1nc([N+](=O)[O-])n(CCO)c1=O. The van der Waals surface area contributed by atoms with Crippen molar-refractivity contribution in [2.45, 2.75) is 6.54 Å². The van der Waals surface area contributed by atoms with Crippen molar-refractivity contribution < 1.29 is 10.0 Å². The molecule has 0 saturated carbocycles. The second-order valence-electron chi connectivity index (χ2n) is 2.34. The van der Waals surface area contributed by atoms with Crippen LogP contribution in [0.1, 0.15) is 0 Å². The van der Waals surface area contributed by atoms with Gasteiger partial charge in [0.2, 0.25) is 0 Å². The minimum atomic E-state index is -0.767. The van der Waals surface area contributed by atoms with Gasteiger partial charge in [-0.05, 0) is 4.92 Å². The first-order chi connectivity index (χ1) is 6.07. The van der Waals surface area contributed by atoms with Gasteiger partial charge >= 0.3 is 11.6 Å². The Balaban J connectivity index is 3.27. The molecule has 0 aliphatic heterocycles. The van der Waals surface area contributed by atoms with Crippen molar-refractivity contribution in [2.24, 2.45) is 7.05 Å². The van der Waals surface area contributed by atoms with E-state index in [9.17, 15) is 14.9 Å². The zero-order valence-electron chi connectivity index (χ0n) is 6.88. The number of aliphatic hydroxyl groups is 1. The lowest BCUT2D eigenvalue weighted by Gasteiger charge is -1.94. The normalized spacial score (nSPS) is 10.3. The molecule has 0 amide bonds. The van der Waals surface area contributed by atoms with Crippen LogP contribution in [-0.2, 0) is 13.6 Å². The molecule has 0 unspecified atom stereocenters. The Bertz CT molecular complexity index is 378. The van der Waals surface area contributed by atoms with Crippen molar-refractivity contribution >= 4 is 5.95 Å². The molecule has 1 heterocycles. The van der Waals surface area contributed by atoms with Crippen LogP contribution >= 0.6 is 0 Å². The zero-order chi connectivity index (χ0) is 10.0. The summed E-state index contributed by atoms with van der Waals surface area (Å²) < 4.78 is 1.66. The third-order valence-corrected chi connectivity index (χ3v) is 1.48. The van der Waals surface area contributed by atoms with Crippen LogP contribution in [0.4, 0.5) is 5.95 Å². The lowest BCUT2D eigenvalue weighted by molar-refractivity contribution is -0.397. The van der Waals surface area contributed by atoms with E-state index in [2.05, 4.69) is 5.10 Å². The number of aliphatic hydroxyl groups excluding tert-OH is 1. The van der Waals surface area contributed by atoms with Crippen molar-refractivity contribution in [2.75, 3.05) is 6.61 Å². The average molecular weight is 188 g/mol. The van der Waals surface area contributed by atoms with Gasteiger partial charge in [0.15, 0.2) is 0 Å². The fourth-order valence-corrected chi connectivity index (χ4v) is 0.922. The van der Waals surface area contributed by atoms with Gasteiger partial charge in [0.05, 0.1) is 13.7 Å². The van der Waals surface area contributed by atoms with E-state index in [0.717, 1.165) is 9.25 Å². The van der Waals surface area contributed by atoms with Gasteiger partial charge in [0.1, 0.15) is 6.54 Å². The molecule has 0 radical (unpaired) electrons. The molecule has 13 heavy (non-hydrogen) atoms. The lowest BCUT2D eigenvalue weighted by atomic mass is 10.7. The first kappa shape index (κ1) is 9.39. The van der Waals surface area contributed by atoms with Gasteiger partial charge in [-0.2, -0.15) is 4.57 Å². The molecule has 0 spiro atoms. The summed E-state index contributed by atoms with van der Waals surface area (Å²) in [5.41, 5.74) is -0.610. The summed E-state index contributed by atoms with van der Waals surface area (Å²) in [4.78, 5) is 20.7.